The predicted octanol–water partition coefficient (Wildman–Crippen LogP) is 4.78. The molecule has 0 aliphatic carbocycles. The molecule has 1 amide bonds. The van der Waals surface area contributed by atoms with Gasteiger partial charge in [0.05, 0.1) is 20.6 Å². The second-order valence-corrected chi connectivity index (χ2v) is 7.24. The molecule has 0 aromatic heterocycles. The number of fused-ring (bicyclic) bond motifs is 1. The van der Waals surface area contributed by atoms with E-state index in [1.807, 2.05) is 18.2 Å². The summed E-state index contributed by atoms with van der Waals surface area (Å²) in [5.41, 5.74) is 2.30. The molecule has 7 heteroatoms. The second kappa shape index (κ2) is 7.87. The predicted molar refractivity (Wildman–Crippen MR) is 102 cm³/mol. The second-order valence-electron chi connectivity index (χ2n) is 6.04. The highest BCUT2D eigenvalue weighted by Crippen LogP contribution is 2.32. The van der Waals surface area contributed by atoms with Crippen LogP contribution in [0.2, 0.25) is 15.1 Å². The molecule has 1 aliphatic rings. The summed E-state index contributed by atoms with van der Waals surface area (Å²) in [6, 6.07) is 10.9. The summed E-state index contributed by atoms with van der Waals surface area (Å²) in [5.74, 6) is -1.04. The first-order valence-corrected chi connectivity index (χ1v) is 9.22. The van der Waals surface area contributed by atoms with Crippen molar-refractivity contribution in [1.82, 2.24) is 4.90 Å². The molecule has 1 aliphatic heterocycles. The van der Waals surface area contributed by atoms with Gasteiger partial charge in [0.2, 0.25) is 0 Å². The van der Waals surface area contributed by atoms with Crippen LogP contribution in [0.3, 0.4) is 0 Å². The lowest BCUT2D eigenvalue weighted by molar-refractivity contribution is -0.140. The lowest BCUT2D eigenvalue weighted by Gasteiger charge is -2.30. The van der Waals surface area contributed by atoms with Crippen molar-refractivity contribution in [3.8, 4) is 0 Å². The van der Waals surface area contributed by atoms with E-state index in [1.165, 1.54) is 24.6 Å². The molecule has 1 heterocycles. The number of carbonyl (C=O) groups excluding carboxylic acids is 2. The highest BCUT2D eigenvalue weighted by Gasteiger charge is 2.28. The number of hydrogen-bond acceptors (Lipinski definition) is 3. The molecule has 0 N–H and O–H groups in total. The molecule has 26 heavy (non-hydrogen) atoms. The summed E-state index contributed by atoms with van der Waals surface area (Å²) < 4.78 is 5.30. The van der Waals surface area contributed by atoms with Gasteiger partial charge in [-0.1, -0.05) is 59.1 Å². The molecule has 0 saturated carbocycles. The maximum absolute atomic E-state index is 12.7. The van der Waals surface area contributed by atoms with Gasteiger partial charge in [0.1, 0.15) is 0 Å². The summed E-state index contributed by atoms with van der Waals surface area (Å²) >= 11 is 18.0. The summed E-state index contributed by atoms with van der Waals surface area (Å²) in [6.07, 6.45) is -0.187. The molecule has 0 radical (unpaired) electrons. The van der Waals surface area contributed by atoms with Crippen molar-refractivity contribution in [2.45, 2.75) is 26.0 Å². The van der Waals surface area contributed by atoms with E-state index in [1.54, 1.807) is 4.90 Å². The van der Waals surface area contributed by atoms with Crippen molar-refractivity contribution in [3.05, 3.63) is 68.2 Å². The Morgan fingerprint density at radius 1 is 1.04 bits per heavy atom. The monoisotopic (exact) mass is 411 g/mol. The van der Waals surface area contributed by atoms with Crippen LogP contribution in [-0.2, 0) is 22.5 Å². The summed E-state index contributed by atoms with van der Waals surface area (Å²) in [6.45, 7) is 2.61. The van der Waals surface area contributed by atoms with Crippen molar-refractivity contribution in [2.75, 3.05) is 6.54 Å². The third kappa shape index (κ3) is 3.83. The van der Waals surface area contributed by atoms with Crippen LogP contribution in [0, 0.1) is 0 Å². The van der Waals surface area contributed by atoms with Gasteiger partial charge in [-0.3, -0.25) is 4.79 Å². The van der Waals surface area contributed by atoms with Crippen LogP contribution < -0.4 is 0 Å². The van der Waals surface area contributed by atoms with E-state index in [4.69, 9.17) is 39.5 Å². The Bertz CT molecular complexity index is 869. The zero-order chi connectivity index (χ0) is 18.8. The van der Waals surface area contributed by atoms with Crippen LogP contribution in [0.4, 0.5) is 0 Å². The summed E-state index contributed by atoms with van der Waals surface area (Å²) in [4.78, 5) is 26.8. The standard InChI is InChI=1S/C19H16Cl3NO3/c1-11(26-19(25)16-14(20)6-7-15(21)17(16)22)18(24)23-9-8-12-4-2-3-5-13(12)10-23/h2-7,11H,8-10H2,1H3/t11-/m1/s1. The third-order valence-electron chi connectivity index (χ3n) is 4.32. The normalized spacial score (nSPS) is 14.5. The number of nitrogens with zero attached hydrogens (tertiary/aromatic N) is 1. The van der Waals surface area contributed by atoms with E-state index in [0.717, 1.165) is 12.0 Å². The summed E-state index contributed by atoms with van der Waals surface area (Å²) in [5, 5.41) is 0.321. The highest BCUT2D eigenvalue weighted by molar-refractivity contribution is 6.46. The van der Waals surface area contributed by atoms with Gasteiger partial charge >= 0.3 is 5.97 Å². The molecule has 136 valence electrons. The Morgan fingerprint density at radius 3 is 2.42 bits per heavy atom. The van der Waals surface area contributed by atoms with Crippen LogP contribution in [0.5, 0.6) is 0 Å². The number of esters is 1. The fraction of sp³-hybridized carbons (Fsp3) is 0.263. The SMILES string of the molecule is C[C@@H](OC(=O)c1c(Cl)ccc(Cl)c1Cl)C(=O)N1CCc2ccccc2C1. The molecule has 1 atom stereocenters. The van der Waals surface area contributed by atoms with Crippen molar-refractivity contribution in [1.29, 1.82) is 0 Å². The van der Waals surface area contributed by atoms with E-state index in [9.17, 15) is 9.59 Å². The Labute approximate surface area is 166 Å². The maximum Gasteiger partial charge on any atom is 0.342 e. The van der Waals surface area contributed by atoms with E-state index in [2.05, 4.69) is 6.07 Å². The van der Waals surface area contributed by atoms with Crippen LogP contribution in [-0.4, -0.2) is 29.4 Å². The van der Waals surface area contributed by atoms with Gasteiger partial charge < -0.3 is 9.64 Å². The van der Waals surface area contributed by atoms with Crippen molar-refractivity contribution >= 4 is 46.7 Å². The number of halogens is 3. The van der Waals surface area contributed by atoms with Crippen molar-refractivity contribution in [3.63, 3.8) is 0 Å². The molecular weight excluding hydrogens is 397 g/mol. The molecule has 0 spiro atoms. The van der Waals surface area contributed by atoms with E-state index < -0.39 is 12.1 Å². The molecule has 0 bridgehead atoms. The summed E-state index contributed by atoms with van der Waals surface area (Å²) in [7, 11) is 0. The van der Waals surface area contributed by atoms with Gasteiger partial charge in [-0.05, 0) is 36.6 Å². The smallest absolute Gasteiger partial charge is 0.342 e. The first-order valence-electron chi connectivity index (χ1n) is 8.08. The zero-order valence-electron chi connectivity index (χ0n) is 14.0. The van der Waals surface area contributed by atoms with Gasteiger partial charge in [-0.25, -0.2) is 4.79 Å². The first kappa shape index (κ1) is 19.0. The number of amides is 1. The highest BCUT2D eigenvalue weighted by atomic mass is 35.5. The van der Waals surface area contributed by atoms with E-state index in [0.29, 0.717) is 13.1 Å². The number of ether oxygens (including phenoxy) is 1. The van der Waals surface area contributed by atoms with Crippen LogP contribution in [0.15, 0.2) is 36.4 Å². The Hall–Kier alpha value is -1.75. The number of rotatable bonds is 3. The molecule has 0 unspecified atom stereocenters. The van der Waals surface area contributed by atoms with E-state index >= 15 is 0 Å². The fourth-order valence-electron chi connectivity index (χ4n) is 2.93. The average molecular weight is 413 g/mol. The molecule has 2 aromatic rings. The molecule has 4 nitrogen and oxygen atoms in total. The Morgan fingerprint density at radius 2 is 1.69 bits per heavy atom. The minimum Gasteiger partial charge on any atom is -0.449 e. The Balaban J connectivity index is 1.71. The molecule has 0 saturated heterocycles. The number of benzene rings is 2. The molecule has 3 rings (SSSR count). The largest absolute Gasteiger partial charge is 0.449 e. The Kier molecular flexibility index (Phi) is 5.76. The van der Waals surface area contributed by atoms with Gasteiger partial charge in [0.15, 0.2) is 6.10 Å². The van der Waals surface area contributed by atoms with Crippen molar-refractivity contribution in [2.24, 2.45) is 0 Å². The number of hydrogen-bond donors (Lipinski definition) is 0. The van der Waals surface area contributed by atoms with Crippen LogP contribution >= 0.6 is 34.8 Å². The number of carbonyl (C=O) groups is 2. The van der Waals surface area contributed by atoms with Gasteiger partial charge in [-0.2, -0.15) is 0 Å². The van der Waals surface area contributed by atoms with E-state index in [-0.39, 0.29) is 26.5 Å². The molecular formula is C19H16Cl3NO3. The minimum absolute atomic E-state index is 0.00992. The van der Waals surface area contributed by atoms with Gasteiger partial charge in [0, 0.05) is 13.1 Å². The topological polar surface area (TPSA) is 46.6 Å². The van der Waals surface area contributed by atoms with Gasteiger partial charge in [0.25, 0.3) is 5.91 Å². The fourth-order valence-corrected chi connectivity index (χ4v) is 3.61. The lowest BCUT2D eigenvalue weighted by atomic mass is 9.99. The van der Waals surface area contributed by atoms with Crippen molar-refractivity contribution < 1.29 is 14.3 Å². The maximum atomic E-state index is 12.7. The lowest BCUT2D eigenvalue weighted by Crippen LogP contribution is -2.42. The van der Waals surface area contributed by atoms with Crippen LogP contribution in [0.1, 0.15) is 28.4 Å². The zero-order valence-corrected chi connectivity index (χ0v) is 16.2. The molecule has 0 fully saturated rings. The van der Waals surface area contributed by atoms with Gasteiger partial charge in [-0.15, -0.1) is 0 Å². The minimum atomic E-state index is -0.959. The third-order valence-corrected chi connectivity index (χ3v) is 5.44. The quantitative estimate of drug-likeness (QED) is 0.538. The molecule has 2 aromatic carbocycles. The average Bonchev–Trinajstić information content (AvgIpc) is 2.64. The van der Waals surface area contributed by atoms with Crippen LogP contribution in [0.25, 0.3) is 0 Å². The first-order chi connectivity index (χ1) is 12.4.